The van der Waals surface area contributed by atoms with Gasteiger partial charge in [0.05, 0.1) is 29.4 Å². The second-order valence-corrected chi connectivity index (χ2v) is 8.30. The van der Waals surface area contributed by atoms with Crippen molar-refractivity contribution in [3.05, 3.63) is 82.3 Å². The minimum Gasteiger partial charge on any atom is -0.481 e. The third-order valence-corrected chi connectivity index (χ3v) is 6.35. The van der Waals surface area contributed by atoms with Crippen LogP contribution in [-0.4, -0.2) is 30.6 Å². The van der Waals surface area contributed by atoms with Crippen LogP contribution in [0.5, 0.6) is 0 Å². The summed E-state index contributed by atoms with van der Waals surface area (Å²) in [5.74, 6) is -1.56. The number of hydrogen-bond donors (Lipinski definition) is 1. The predicted octanol–water partition coefficient (Wildman–Crippen LogP) is 4.22. The molecular weight excluding hydrogens is 414 g/mol. The van der Waals surface area contributed by atoms with Gasteiger partial charge in [0.15, 0.2) is 0 Å². The van der Waals surface area contributed by atoms with Crippen LogP contribution in [0, 0.1) is 18.6 Å². The summed E-state index contributed by atoms with van der Waals surface area (Å²) in [6, 6.07) is 11.1. The summed E-state index contributed by atoms with van der Waals surface area (Å²) in [7, 11) is 0. The number of rotatable bonds is 5. The third kappa shape index (κ3) is 3.45. The zero-order valence-corrected chi connectivity index (χ0v) is 17.6. The Morgan fingerprint density at radius 3 is 2.72 bits per heavy atom. The second-order valence-electron chi connectivity index (χ2n) is 8.30. The molecule has 4 aromatic rings. The van der Waals surface area contributed by atoms with Crippen LogP contribution < -0.4 is 0 Å². The van der Waals surface area contributed by atoms with E-state index in [2.05, 4.69) is 10.3 Å². The van der Waals surface area contributed by atoms with Crippen molar-refractivity contribution in [3.63, 3.8) is 0 Å². The number of carboxylic acids is 1. The molecule has 1 unspecified atom stereocenters. The fourth-order valence-electron chi connectivity index (χ4n) is 4.81. The molecule has 0 saturated carbocycles. The molecule has 8 heteroatoms. The first-order chi connectivity index (χ1) is 15.4. The average molecular weight is 436 g/mol. The number of halogens is 2. The van der Waals surface area contributed by atoms with Crippen molar-refractivity contribution in [2.75, 3.05) is 0 Å². The lowest BCUT2D eigenvalue weighted by Crippen LogP contribution is -2.25. The number of carbonyl (C=O) groups is 1. The van der Waals surface area contributed by atoms with E-state index in [4.69, 9.17) is 0 Å². The Bertz CT molecular complexity index is 1320. The molecule has 1 aliphatic heterocycles. The van der Waals surface area contributed by atoms with Gasteiger partial charge in [0.25, 0.3) is 0 Å². The Morgan fingerprint density at radius 1 is 1.19 bits per heavy atom. The Balaban J connectivity index is 1.48. The number of fused-ring (bicyclic) bond motifs is 3. The summed E-state index contributed by atoms with van der Waals surface area (Å²) < 4.78 is 31.8. The molecule has 1 atom stereocenters. The van der Waals surface area contributed by atoms with E-state index in [1.165, 1.54) is 18.2 Å². The maximum atomic E-state index is 14.8. The van der Waals surface area contributed by atoms with Gasteiger partial charge in [-0.3, -0.25) is 4.79 Å². The molecule has 0 aliphatic carbocycles. The molecule has 1 aliphatic rings. The van der Waals surface area contributed by atoms with E-state index in [0.29, 0.717) is 35.9 Å². The molecule has 0 amide bonds. The summed E-state index contributed by atoms with van der Waals surface area (Å²) in [6.07, 6.45) is 1.81. The van der Waals surface area contributed by atoms with E-state index in [1.807, 2.05) is 16.2 Å². The molecule has 5 rings (SSSR count). The smallest absolute Gasteiger partial charge is 0.307 e. The van der Waals surface area contributed by atoms with Gasteiger partial charge in [-0.15, -0.1) is 5.10 Å². The number of nitrogens with zero attached hydrogens (tertiary/aromatic N) is 4. The van der Waals surface area contributed by atoms with Gasteiger partial charge < -0.3 is 9.67 Å². The fraction of sp³-hybridized carbons (Fsp3) is 0.292. The molecule has 2 aromatic carbocycles. The maximum Gasteiger partial charge on any atom is 0.307 e. The van der Waals surface area contributed by atoms with Crippen molar-refractivity contribution in [1.29, 1.82) is 0 Å². The highest BCUT2D eigenvalue weighted by molar-refractivity contribution is 5.89. The van der Waals surface area contributed by atoms with Crippen LogP contribution in [0.2, 0.25) is 0 Å². The van der Waals surface area contributed by atoms with Gasteiger partial charge >= 0.3 is 5.97 Å². The highest BCUT2D eigenvalue weighted by atomic mass is 19.1. The van der Waals surface area contributed by atoms with E-state index in [0.717, 1.165) is 29.1 Å². The number of aromatic nitrogens is 4. The van der Waals surface area contributed by atoms with Crippen molar-refractivity contribution in [1.82, 2.24) is 19.6 Å². The fourth-order valence-corrected chi connectivity index (χ4v) is 4.81. The van der Waals surface area contributed by atoms with Crippen LogP contribution in [0.15, 0.2) is 42.5 Å². The van der Waals surface area contributed by atoms with E-state index in [9.17, 15) is 18.7 Å². The summed E-state index contributed by atoms with van der Waals surface area (Å²) in [5, 5.41) is 18.8. The highest BCUT2D eigenvalue weighted by Gasteiger charge is 2.29. The average Bonchev–Trinajstić information content (AvgIpc) is 3.28. The Labute approximate surface area is 183 Å². The van der Waals surface area contributed by atoms with E-state index in [1.54, 1.807) is 24.3 Å². The SMILES string of the molecule is Cc1c(Cc2ccc(F)cc2)nnn1C1CCc2c(CC(=O)O)c3cccc(F)c3n2C1. The monoisotopic (exact) mass is 436 g/mol. The van der Waals surface area contributed by atoms with Gasteiger partial charge in [-0.1, -0.05) is 29.5 Å². The molecule has 164 valence electrons. The van der Waals surface area contributed by atoms with Gasteiger partial charge in [-0.05, 0) is 49.1 Å². The zero-order valence-electron chi connectivity index (χ0n) is 17.6. The van der Waals surface area contributed by atoms with E-state index < -0.39 is 5.97 Å². The van der Waals surface area contributed by atoms with Crippen molar-refractivity contribution in [2.24, 2.45) is 0 Å². The standard InChI is InChI=1S/C24H22F2N4O2/c1-14-21(11-15-5-7-16(25)8-6-15)27-28-30(14)17-9-10-22-19(12-23(31)32)18-3-2-4-20(26)24(18)29(22)13-17/h2-8,17H,9-13H2,1H3,(H,31,32). The number of para-hydroxylation sites is 1. The predicted molar refractivity (Wildman–Crippen MR) is 115 cm³/mol. The molecular formula is C24H22F2N4O2. The summed E-state index contributed by atoms with van der Waals surface area (Å²) in [5.41, 5.74) is 4.71. The largest absolute Gasteiger partial charge is 0.481 e. The number of aliphatic carboxylic acids is 1. The van der Waals surface area contributed by atoms with Crippen molar-refractivity contribution in [3.8, 4) is 0 Å². The Hall–Kier alpha value is -3.55. The van der Waals surface area contributed by atoms with Crippen molar-refractivity contribution < 1.29 is 18.7 Å². The highest BCUT2D eigenvalue weighted by Crippen LogP contribution is 2.36. The van der Waals surface area contributed by atoms with Crippen LogP contribution in [0.25, 0.3) is 10.9 Å². The van der Waals surface area contributed by atoms with Gasteiger partial charge in [-0.2, -0.15) is 0 Å². The first-order valence-electron chi connectivity index (χ1n) is 10.6. The minimum absolute atomic E-state index is 0.0233. The molecule has 6 nitrogen and oxygen atoms in total. The summed E-state index contributed by atoms with van der Waals surface area (Å²) in [6.45, 7) is 2.45. The van der Waals surface area contributed by atoms with Crippen LogP contribution in [-0.2, 0) is 30.6 Å². The Kier molecular flexibility index (Phi) is 5.00. The lowest BCUT2D eigenvalue weighted by Gasteiger charge is -2.27. The van der Waals surface area contributed by atoms with Gasteiger partial charge in [0.2, 0.25) is 0 Å². The van der Waals surface area contributed by atoms with Crippen LogP contribution in [0.4, 0.5) is 8.78 Å². The van der Waals surface area contributed by atoms with E-state index >= 15 is 0 Å². The quantitative estimate of drug-likeness (QED) is 0.508. The molecule has 0 radical (unpaired) electrons. The lowest BCUT2D eigenvalue weighted by molar-refractivity contribution is -0.136. The van der Waals surface area contributed by atoms with Crippen LogP contribution >= 0.6 is 0 Å². The summed E-state index contributed by atoms with van der Waals surface area (Å²) in [4.78, 5) is 11.4. The number of carboxylic acid groups (broad SMARTS) is 1. The molecule has 0 spiro atoms. The van der Waals surface area contributed by atoms with Crippen molar-refractivity contribution in [2.45, 2.75) is 45.2 Å². The zero-order chi connectivity index (χ0) is 22.4. The number of hydrogen-bond acceptors (Lipinski definition) is 3. The normalized spacial score (nSPS) is 15.8. The topological polar surface area (TPSA) is 72.9 Å². The molecule has 2 aromatic heterocycles. The van der Waals surface area contributed by atoms with Gasteiger partial charge in [0.1, 0.15) is 11.6 Å². The van der Waals surface area contributed by atoms with Gasteiger partial charge in [-0.25, -0.2) is 13.5 Å². The lowest BCUT2D eigenvalue weighted by atomic mass is 10.00. The van der Waals surface area contributed by atoms with Gasteiger partial charge in [0, 0.05) is 24.0 Å². The van der Waals surface area contributed by atoms with Crippen molar-refractivity contribution >= 4 is 16.9 Å². The first kappa shape index (κ1) is 20.4. The van der Waals surface area contributed by atoms with Crippen LogP contribution in [0.1, 0.15) is 40.7 Å². The van der Waals surface area contributed by atoms with E-state index in [-0.39, 0.29) is 24.1 Å². The molecule has 0 fully saturated rings. The maximum absolute atomic E-state index is 14.8. The molecule has 0 saturated heterocycles. The Morgan fingerprint density at radius 2 is 1.97 bits per heavy atom. The first-order valence-corrected chi connectivity index (χ1v) is 10.6. The summed E-state index contributed by atoms with van der Waals surface area (Å²) >= 11 is 0. The minimum atomic E-state index is -0.927. The second kappa shape index (κ2) is 7.85. The molecule has 1 N–H and O–H groups in total. The van der Waals surface area contributed by atoms with Crippen LogP contribution in [0.3, 0.4) is 0 Å². The number of benzene rings is 2. The molecule has 0 bridgehead atoms. The third-order valence-electron chi connectivity index (χ3n) is 6.35. The molecule has 3 heterocycles. The molecule has 32 heavy (non-hydrogen) atoms.